The van der Waals surface area contributed by atoms with Crippen LogP contribution in [-0.4, -0.2) is 21.4 Å². The van der Waals surface area contributed by atoms with Gasteiger partial charge in [0.25, 0.3) is 0 Å². The maximum Gasteiger partial charge on any atom is 0.332 e. The van der Waals surface area contributed by atoms with E-state index in [1.54, 1.807) is 6.92 Å². The number of hydrogen-bond acceptors (Lipinski definition) is 5. The molecule has 0 unspecified atom stereocenters. The largest absolute Gasteiger partial charge is 0.364 e. The lowest BCUT2D eigenvalue weighted by atomic mass is 9.90. The van der Waals surface area contributed by atoms with Gasteiger partial charge in [-0.2, -0.15) is 4.98 Å². The van der Waals surface area contributed by atoms with Crippen molar-refractivity contribution in [2.45, 2.75) is 34.1 Å². The van der Waals surface area contributed by atoms with Gasteiger partial charge in [0.2, 0.25) is 11.1 Å². The fraction of sp³-hybridized carbons (Fsp3) is 0.636. The zero-order valence-electron chi connectivity index (χ0n) is 11.0. The summed E-state index contributed by atoms with van der Waals surface area (Å²) in [7, 11) is 0. The highest BCUT2D eigenvalue weighted by Gasteiger charge is 2.23. The van der Waals surface area contributed by atoms with Crippen LogP contribution < -0.4 is 5.32 Å². The second-order valence-corrected chi connectivity index (χ2v) is 5.24. The number of aryl methyl sites for hydroxylation is 1. The maximum atomic E-state index is 11.0. The zero-order chi connectivity index (χ0) is 13.9. The quantitative estimate of drug-likeness (QED) is 0.506. The van der Waals surface area contributed by atoms with Gasteiger partial charge >= 0.3 is 5.69 Å². The summed E-state index contributed by atoms with van der Waals surface area (Å²) >= 11 is 5.73. The number of nitrogens with zero attached hydrogens (tertiary/aromatic N) is 3. The Labute approximate surface area is 111 Å². The first kappa shape index (κ1) is 14.6. The van der Waals surface area contributed by atoms with Crippen molar-refractivity contribution in [3.63, 3.8) is 0 Å². The van der Waals surface area contributed by atoms with E-state index in [2.05, 4.69) is 36.1 Å². The number of nitrogens with one attached hydrogen (secondary N) is 1. The van der Waals surface area contributed by atoms with Crippen LogP contribution in [-0.2, 0) is 0 Å². The Balaban J connectivity index is 3.04. The van der Waals surface area contributed by atoms with Crippen molar-refractivity contribution in [1.29, 1.82) is 0 Å². The van der Waals surface area contributed by atoms with E-state index in [0.717, 1.165) is 6.42 Å². The average molecular weight is 273 g/mol. The Hall–Kier alpha value is -1.43. The normalized spacial score (nSPS) is 11.4. The summed E-state index contributed by atoms with van der Waals surface area (Å²) in [6.07, 6.45) is 0.950. The maximum absolute atomic E-state index is 11.0. The number of anilines is 1. The van der Waals surface area contributed by atoms with Gasteiger partial charge in [-0.3, -0.25) is 10.1 Å². The van der Waals surface area contributed by atoms with Gasteiger partial charge in [-0.1, -0.05) is 20.8 Å². The van der Waals surface area contributed by atoms with Crippen LogP contribution in [0.4, 0.5) is 11.5 Å². The van der Waals surface area contributed by atoms with Crippen molar-refractivity contribution in [2.75, 3.05) is 11.9 Å². The first-order valence-corrected chi connectivity index (χ1v) is 6.07. The lowest BCUT2D eigenvalue weighted by Crippen LogP contribution is -2.23. The minimum Gasteiger partial charge on any atom is -0.364 e. The highest BCUT2D eigenvalue weighted by atomic mass is 35.5. The van der Waals surface area contributed by atoms with Crippen LogP contribution in [0.5, 0.6) is 0 Å². The molecule has 1 aromatic heterocycles. The summed E-state index contributed by atoms with van der Waals surface area (Å²) in [4.78, 5) is 18.2. The molecule has 1 aromatic rings. The fourth-order valence-corrected chi connectivity index (χ4v) is 1.53. The molecule has 0 amide bonds. The Kier molecular flexibility index (Phi) is 4.45. The SMILES string of the molecule is CCC(C)(C)CNc1nc(Cl)nc(C)c1[N+](=O)[O-]. The molecule has 1 heterocycles. The van der Waals surface area contributed by atoms with Crippen LogP contribution in [0, 0.1) is 22.5 Å². The Morgan fingerprint density at radius 3 is 2.56 bits per heavy atom. The number of hydrogen-bond donors (Lipinski definition) is 1. The standard InChI is InChI=1S/C11H17ClN4O2/c1-5-11(3,4)6-13-9-8(16(17)18)7(2)14-10(12)15-9/h5-6H2,1-4H3,(H,13,14,15). The molecule has 6 nitrogen and oxygen atoms in total. The third-order valence-electron chi connectivity index (χ3n) is 2.91. The molecule has 0 aromatic carbocycles. The molecule has 0 saturated carbocycles. The third kappa shape index (κ3) is 3.53. The molecule has 0 aliphatic heterocycles. The van der Waals surface area contributed by atoms with Gasteiger partial charge in [-0.05, 0) is 30.4 Å². The van der Waals surface area contributed by atoms with E-state index >= 15 is 0 Å². The molecule has 0 bridgehead atoms. The molecule has 0 radical (unpaired) electrons. The summed E-state index contributed by atoms with van der Waals surface area (Å²) in [5.41, 5.74) is 0.169. The Morgan fingerprint density at radius 2 is 2.06 bits per heavy atom. The lowest BCUT2D eigenvalue weighted by Gasteiger charge is -2.23. The van der Waals surface area contributed by atoms with Crippen LogP contribution in [0.25, 0.3) is 0 Å². The molecule has 0 fully saturated rings. The van der Waals surface area contributed by atoms with E-state index in [4.69, 9.17) is 11.6 Å². The molecular formula is C11H17ClN4O2. The van der Waals surface area contributed by atoms with Crippen molar-refractivity contribution in [2.24, 2.45) is 5.41 Å². The minimum absolute atomic E-state index is 0.00917. The van der Waals surface area contributed by atoms with Gasteiger partial charge in [-0.15, -0.1) is 0 Å². The molecule has 7 heteroatoms. The molecular weight excluding hydrogens is 256 g/mol. The van der Waals surface area contributed by atoms with E-state index in [0.29, 0.717) is 6.54 Å². The summed E-state index contributed by atoms with van der Waals surface area (Å²) in [6.45, 7) is 8.33. The van der Waals surface area contributed by atoms with Crippen molar-refractivity contribution in [3.8, 4) is 0 Å². The fourth-order valence-electron chi connectivity index (χ4n) is 1.32. The highest BCUT2D eigenvalue weighted by molar-refractivity contribution is 6.28. The van der Waals surface area contributed by atoms with Crippen LogP contribution in [0.3, 0.4) is 0 Å². The van der Waals surface area contributed by atoms with Crippen molar-refractivity contribution in [3.05, 3.63) is 21.1 Å². The third-order valence-corrected chi connectivity index (χ3v) is 3.07. The number of rotatable bonds is 5. The topological polar surface area (TPSA) is 81.0 Å². The van der Waals surface area contributed by atoms with E-state index in [-0.39, 0.29) is 27.9 Å². The van der Waals surface area contributed by atoms with E-state index < -0.39 is 4.92 Å². The summed E-state index contributed by atoms with van der Waals surface area (Å²) < 4.78 is 0. The first-order valence-electron chi connectivity index (χ1n) is 5.69. The molecule has 0 saturated heterocycles. The molecule has 0 spiro atoms. The first-order chi connectivity index (χ1) is 8.26. The number of aromatic nitrogens is 2. The van der Waals surface area contributed by atoms with Gasteiger partial charge in [-0.25, -0.2) is 4.98 Å². The van der Waals surface area contributed by atoms with Crippen LogP contribution in [0.2, 0.25) is 5.28 Å². The van der Waals surface area contributed by atoms with Gasteiger partial charge in [0.15, 0.2) is 0 Å². The number of nitro groups is 1. The smallest absolute Gasteiger partial charge is 0.332 e. The van der Waals surface area contributed by atoms with E-state index in [9.17, 15) is 10.1 Å². The van der Waals surface area contributed by atoms with Gasteiger partial charge < -0.3 is 5.32 Å². The second-order valence-electron chi connectivity index (χ2n) is 4.90. The van der Waals surface area contributed by atoms with Gasteiger partial charge in [0.05, 0.1) is 4.92 Å². The van der Waals surface area contributed by atoms with Crippen LogP contribution in [0.15, 0.2) is 0 Å². The average Bonchev–Trinajstić information content (AvgIpc) is 2.25. The Morgan fingerprint density at radius 1 is 1.44 bits per heavy atom. The predicted molar refractivity (Wildman–Crippen MR) is 71.0 cm³/mol. The van der Waals surface area contributed by atoms with Crippen LogP contribution in [0.1, 0.15) is 32.9 Å². The molecule has 0 aliphatic carbocycles. The molecule has 100 valence electrons. The molecule has 1 rings (SSSR count). The van der Waals surface area contributed by atoms with Gasteiger partial charge in [0, 0.05) is 6.54 Å². The number of halogens is 1. The van der Waals surface area contributed by atoms with E-state index in [1.165, 1.54) is 0 Å². The van der Waals surface area contributed by atoms with Gasteiger partial charge in [0.1, 0.15) is 5.69 Å². The minimum atomic E-state index is -0.493. The lowest BCUT2D eigenvalue weighted by molar-refractivity contribution is -0.385. The summed E-state index contributed by atoms with van der Waals surface area (Å²) in [5.74, 6) is 0.180. The molecule has 0 aliphatic rings. The Bertz CT molecular complexity index is 463. The second kappa shape index (κ2) is 5.48. The summed E-state index contributed by atoms with van der Waals surface area (Å²) in [5, 5.41) is 14.0. The predicted octanol–water partition coefficient (Wildman–Crippen LogP) is 3.19. The molecule has 0 atom stereocenters. The van der Waals surface area contributed by atoms with E-state index in [1.807, 2.05) is 0 Å². The summed E-state index contributed by atoms with van der Waals surface area (Å²) in [6, 6.07) is 0. The van der Waals surface area contributed by atoms with Crippen molar-refractivity contribution < 1.29 is 4.92 Å². The highest BCUT2D eigenvalue weighted by Crippen LogP contribution is 2.28. The molecule has 18 heavy (non-hydrogen) atoms. The van der Waals surface area contributed by atoms with Crippen molar-refractivity contribution >= 4 is 23.1 Å². The zero-order valence-corrected chi connectivity index (χ0v) is 11.7. The van der Waals surface area contributed by atoms with Crippen molar-refractivity contribution in [1.82, 2.24) is 9.97 Å². The monoisotopic (exact) mass is 272 g/mol. The molecule has 1 N–H and O–H groups in total. The van der Waals surface area contributed by atoms with Crippen LogP contribution >= 0.6 is 11.6 Å².